The number of rotatable bonds is 5. The maximum atomic E-state index is 4.46. The van der Waals surface area contributed by atoms with E-state index in [1.54, 1.807) is 0 Å². The molecule has 0 aliphatic heterocycles. The predicted octanol–water partition coefficient (Wildman–Crippen LogP) is 3.90. The van der Waals surface area contributed by atoms with Gasteiger partial charge in [-0.2, -0.15) is 5.10 Å². The van der Waals surface area contributed by atoms with Gasteiger partial charge in [-0.3, -0.25) is 4.68 Å². The van der Waals surface area contributed by atoms with Crippen LogP contribution in [0.2, 0.25) is 0 Å². The van der Waals surface area contributed by atoms with Gasteiger partial charge in [0.2, 0.25) is 0 Å². The van der Waals surface area contributed by atoms with Gasteiger partial charge in [0.05, 0.1) is 12.7 Å². The quantitative estimate of drug-likeness (QED) is 0.903. The van der Waals surface area contributed by atoms with E-state index >= 15 is 0 Å². The van der Waals surface area contributed by atoms with Crippen molar-refractivity contribution in [1.82, 2.24) is 15.1 Å². The van der Waals surface area contributed by atoms with E-state index in [-0.39, 0.29) is 5.41 Å². The second-order valence-corrected chi connectivity index (χ2v) is 6.70. The molecule has 3 heteroatoms. The molecule has 1 aromatic heterocycles. The molecule has 0 radical (unpaired) electrons. The van der Waals surface area contributed by atoms with Crippen molar-refractivity contribution in [2.24, 2.45) is 0 Å². The number of nitrogens with zero attached hydrogens (tertiary/aromatic N) is 2. The van der Waals surface area contributed by atoms with Crippen molar-refractivity contribution in [3.63, 3.8) is 0 Å². The Morgan fingerprint density at radius 1 is 1.19 bits per heavy atom. The summed E-state index contributed by atoms with van der Waals surface area (Å²) in [5.74, 6) is 0. The number of aromatic nitrogens is 2. The first-order valence-corrected chi connectivity index (χ1v) is 7.75. The zero-order chi connectivity index (χ0) is 15.5. The van der Waals surface area contributed by atoms with E-state index in [2.05, 4.69) is 75.5 Å². The van der Waals surface area contributed by atoms with Gasteiger partial charge in [-0.05, 0) is 30.0 Å². The van der Waals surface area contributed by atoms with Crippen molar-refractivity contribution in [2.75, 3.05) is 6.54 Å². The lowest BCUT2D eigenvalue weighted by molar-refractivity contribution is 0.589. The van der Waals surface area contributed by atoms with Crippen LogP contribution in [0.3, 0.4) is 0 Å². The lowest BCUT2D eigenvalue weighted by atomic mass is 9.87. The number of benzene rings is 1. The first-order chi connectivity index (χ1) is 9.90. The van der Waals surface area contributed by atoms with E-state index < -0.39 is 0 Å². The summed E-state index contributed by atoms with van der Waals surface area (Å²) in [4.78, 5) is 0. The van der Waals surface area contributed by atoms with Gasteiger partial charge in [-0.25, -0.2) is 0 Å². The first-order valence-electron chi connectivity index (χ1n) is 7.75. The topological polar surface area (TPSA) is 29.9 Å². The molecule has 1 atom stereocenters. The van der Waals surface area contributed by atoms with E-state index in [0.29, 0.717) is 6.04 Å². The maximum Gasteiger partial charge on any atom is 0.0659 e. The van der Waals surface area contributed by atoms with Gasteiger partial charge in [0.25, 0.3) is 0 Å². The van der Waals surface area contributed by atoms with Crippen LogP contribution in [0.25, 0.3) is 0 Å². The number of hydrogen-bond donors (Lipinski definition) is 1. The van der Waals surface area contributed by atoms with Gasteiger partial charge < -0.3 is 5.32 Å². The molecule has 1 aromatic carbocycles. The van der Waals surface area contributed by atoms with Crippen molar-refractivity contribution in [3.8, 4) is 0 Å². The molecule has 0 bridgehead atoms. The summed E-state index contributed by atoms with van der Waals surface area (Å²) < 4.78 is 2.01. The zero-order valence-corrected chi connectivity index (χ0v) is 13.9. The molecule has 3 nitrogen and oxygen atoms in total. The second-order valence-electron chi connectivity index (χ2n) is 6.70. The van der Waals surface area contributed by atoms with Crippen LogP contribution in [0.5, 0.6) is 0 Å². The Bertz CT molecular complexity index is 561. The molecule has 0 aliphatic carbocycles. The van der Waals surface area contributed by atoms with Crippen LogP contribution < -0.4 is 5.32 Å². The lowest BCUT2D eigenvalue weighted by Gasteiger charge is -2.19. The van der Waals surface area contributed by atoms with E-state index in [1.807, 2.05) is 10.9 Å². The predicted molar refractivity (Wildman–Crippen MR) is 88.6 cm³/mol. The van der Waals surface area contributed by atoms with Crippen molar-refractivity contribution in [2.45, 2.75) is 52.6 Å². The molecule has 0 saturated carbocycles. The summed E-state index contributed by atoms with van der Waals surface area (Å²) in [6.45, 7) is 12.8. The summed E-state index contributed by atoms with van der Waals surface area (Å²) >= 11 is 0. The molecule has 2 aromatic rings. The molecule has 21 heavy (non-hydrogen) atoms. The molecule has 0 aliphatic rings. The van der Waals surface area contributed by atoms with E-state index in [0.717, 1.165) is 13.1 Å². The highest BCUT2D eigenvalue weighted by atomic mass is 15.3. The SMILES string of the molecule is CCNC(C)c1cnn(Cc2ccc(C(C)(C)C)cc2)c1. The molecule has 0 spiro atoms. The highest BCUT2D eigenvalue weighted by Crippen LogP contribution is 2.22. The molecule has 0 fully saturated rings. The van der Waals surface area contributed by atoms with Crippen LogP contribution in [0.15, 0.2) is 36.7 Å². The van der Waals surface area contributed by atoms with Crippen LogP contribution in [0.4, 0.5) is 0 Å². The zero-order valence-electron chi connectivity index (χ0n) is 13.9. The summed E-state index contributed by atoms with van der Waals surface area (Å²) in [6, 6.07) is 9.21. The van der Waals surface area contributed by atoms with E-state index in [1.165, 1.54) is 16.7 Å². The molecule has 1 heterocycles. The Morgan fingerprint density at radius 3 is 2.43 bits per heavy atom. The molecular formula is C18H27N3. The summed E-state index contributed by atoms with van der Waals surface area (Å²) in [7, 11) is 0. The van der Waals surface area contributed by atoms with E-state index in [9.17, 15) is 0 Å². The smallest absolute Gasteiger partial charge is 0.0659 e. The van der Waals surface area contributed by atoms with Crippen LogP contribution >= 0.6 is 0 Å². The van der Waals surface area contributed by atoms with Gasteiger partial charge in [0.1, 0.15) is 0 Å². The normalized spacial score (nSPS) is 13.4. The van der Waals surface area contributed by atoms with Crippen molar-refractivity contribution < 1.29 is 0 Å². The largest absolute Gasteiger partial charge is 0.310 e. The van der Waals surface area contributed by atoms with Crippen LogP contribution in [-0.2, 0) is 12.0 Å². The standard InChI is InChI=1S/C18H27N3/c1-6-19-14(2)16-11-20-21(13-16)12-15-7-9-17(10-8-15)18(3,4)5/h7-11,13-14,19H,6,12H2,1-5H3. The summed E-state index contributed by atoms with van der Waals surface area (Å²) in [5, 5.41) is 7.87. The average molecular weight is 285 g/mol. The minimum Gasteiger partial charge on any atom is -0.310 e. The Kier molecular flexibility index (Phi) is 4.84. The highest BCUT2D eigenvalue weighted by Gasteiger charge is 2.13. The first kappa shape index (κ1) is 15.8. The molecule has 0 amide bonds. The molecule has 2 rings (SSSR count). The Morgan fingerprint density at radius 2 is 1.86 bits per heavy atom. The highest BCUT2D eigenvalue weighted by molar-refractivity contribution is 5.27. The second kappa shape index (κ2) is 6.44. The summed E-state index contributed by atoms with van der Waals surface area (Å²) in [5.41, 5.74) is 4.10. The van der Waals surface area contributed by atoms with Gasteiger partial charge in [-0.15, -0.1) is 0 Å². The van der Waals surface area contributed by atoms with Gasteiger partial charge >= 0.3 is 0 Å². The Labute approximate surface area is 128 Å². The minimum atomic E-state index is 0.207. The van der Waals surface area contributed by atoms with Crippen LogP contribution in [0, 0.1) is 0 Å². The average Bonchev–Trinajstić information content (AvgIpc) is 2.87. The number of hydrogen-bond acceptors (Lipinski definition) is 2. The van der Waals surface area contributed by atoms with E-state index in [4.69, 9.17) is 0 Å². The molecule has 114 valence electrons. The molecule has 1 unspecified atom stereocenters. The minimum absolute atomic E-state index is 0.207. The third-order valence-electron chi connectivity index (χ3n) is 3.83. The van der Waals surface area contributed by atoms with Gasteiger partial charge in [0, 0.05) is 17.8 Å². The van der Waals surface area contributed by atoms with Crippen LogP contribution in [0.1, 0.15) is 57.4 Å². The Balaban J connectivity index is 2.05. The molecule has 0 saturated heterocycles. The fourth-order valence-corrected chi connectivity index (χ4v) is 2.41. The molecule has 1 N–H and O–H groups in total. The summed E-state index contributed by atoms with van der Waals surface area (Å²) in [6.07, 6.45) is 4.09. The van der Waals surface area contributed by atoms with Gasteiger partial charge in [-0.1, -0.05) is 52.0 Å². The van der Waals surface area contributed by atoms with Gasteiger partial charge in [0.15, 0.2) is 0 Å². The van der Waals surface area contributed by atoms with Crippen LogP contribution in [-0.4, -0.2) is 16.3 Å². The van der Waals surface area contributed by atoms with Crippen molar-refractivity contribution in [1.29, 1.82) is 0 Å². The third-order valence-corrected chi connectivity index (χ3v) is 3.83. The molecular weight excluding hydrogens is 258 g/mol. The van der Waals surface area contributed by atoms with Crippen molar-refractivity contribution in [3.05, 3.63) is 53.3 Å². The number of nitrogens with one attached hydrogen (secondary N) is 1. The lowest BCUT2D eigenvalue weighted by Crippen LogP contribution is -2.17. The monoisotopic (exact) mass is 285 g/mol. The Hall–Kier alpha value is -1.61. The fraction of sp³-hybridized carbons (Fsp3) is 0.500. The maximum absolute atomic E-state index is 4.46. The van der Waals surface area contributed by atoms with Crippen molar-refractivity contribution >= 4 is 0 Å². The fourth-order valence-electron chi connectivity index (χ4n) is 2.41. The third kappa shape index (κ3) is 4.18.